The van der Waals surface area contributed by atoms with E-state index in [1.807, 2.05) is 45.0 Å². The average molecular weight is 826 g/mol. The Bertz CT molecular complexity index is 2430. The molecule has 0 radical (unpaired) electrons. The molecule has 6 rings (SSSR count). The fourth-order valence-corrected chi connectivity index (χ4v) is 7.13. The number of benzene rings is 4. The Morgan fingerprint density at radius 3 is 2.27 bits per heavy atom. The highest BCUT2D eigenvalue weighted by Crippen LogP contribution is 2.40. The first-order chi connectivity index (χ1) is 28.1. The van der Waals surface area contributed by atoms with Crippen LogP contribution in [0.15, 0.2) is 85.1 Å². The summed E-state index contributed by atoms with van der Waals surface area (Å²) in [5, 5.41) is 10.5. The fourth-order valence-electron chi connectivity index (χ4n) is 6.58. The van der Waals surface area contributed by atoms with E-state index in [1.165, 1.54) is 14.2 Å². The number of morpholine rings is 1. The molecule has 1 fully saturated rings. The first-order valence-electron chi connectivity index (χ1n) is 19.1. The number of likely N-dealkylation sites (N-methyl/N-ethyl adjacent to an activating group) is 1. The molecule has 0 bridgehead atoms. The van der Waals surface area contributed by atoms with Crippen molar-refractivity contribution < 1.29 is 37.0 Å². The van der Waals surface area contributed by atoms with E-state index in [-0.39, 0.29) is 22.8 Å². The van der Waals surface area contributed by atoms with Crippen LogP contribution in [0.25, 0.3) is 10.8 Å². The number of hydrogen-bond acceptors (Lipinski definition) is 11. The van der Waals surface area contributed by atoms with Gasteiger partial charge >= 0.3 is 6.03 Å². The van der Waals surface area contributed by atoms with Gasteiger partial charge in [0, 0.05) is 68.0 Å². The largest absolute Gasteiger partial charge is 0.496 e. The molecule has 0 aliphatic carbocycles. The smallest absolute Gasteiger partial charge is 0.323 e. The molecule has 1 aliphatic rings. The van der Waals surface area contributed by atoms with Gasteiger partial charge in [-0.3, -0.25) is 14.4 Å². The number of amides is 3. The number of urea groups is 1. The first-order valence-corrected chi connectivity index (χ1v) is 21.0. The van der Waals surface area contributed by atoms with Gasteiger partial charge < -0.3 is 39.8 Å². The number of nitrogens with zero attached hydrogens (tertiary/aromatic N) is 3. The van der Waals surface area contributed by atoms with E-state index in [0.717, 1.165) is 42.2 Å². The van der Waals surface area contributed by atoms with Gasteiger partial charge in [0.1, 0.15) is 23.1 Å². The van der Waals surface area contributed by atoms with Gasteiger partial charge in [-0.2, -0.15) is 0 Å². The van der Waals surface area contributed by atoms with Crippen molar-refractivity contribution in [1.82, 2.24) is 14.8 Å². The minimum atomic E-state index is -3.64. The molecule has 0 unspecified atom stereocenters. The molecule has 2 heterocycles. The lowest BCUT2D eigenvalue weighted by molar-refractivity contribution is 0.0338. The average Bonchev–Trinajstić information content (AvgIpc) is 3.20. The van der Waals surface area contributed by atoms with Gasteiger partial charge in [-0.15, -0.1) is 0 Å². The Morgan fingerprint density at radius 2 is 1.58 bits per heavy atom. The minimum Gasteiger partial charge on any atom is -0.496 e. The number of methoxy groups -OCH3 is 2. The lowest BCUT2D eigenvalue weighted by atomic mass is 9.86. The van der Waals surface area contributed by atoms with Crippen molar-refractivity contribution in [3.63, 3.8) is 0 Å². The molecule has 0 atom stereocenters. The second-order valence-electron chi connectivity index (χ2n) is 15.2. The fraction of sp³-hybridized carbons (Fsp3) is 0.326. The van der Waals surface area contributed by atoms with Crippen LogP contribution in [0.5, 0.6) is 23.0 Å². The second-order valence-corrected chi connectivity index (χ2v) is 16.9. The van der Waals surface area contributed by atoms with Crippen LogP contribution in [0.2, 0.25) is 0 Å². The Kier molecular flexibility index (Phi) is 13.1. The van der Waals surface area contributed by atoms with Gasteiger partial charge in [0.15, 0.2) is 5.75 Å². The molecule has 15 nitrogen and oxygen atoms in total. The summed E-state index contributed by atoms with van der Waals surface area (Å²) in [6.07, 6.45) is 2.68. The van der Waals surface area contributed by atoms with E-state index in [0.29, 0.717) is 65.5 Å². The number of ether oxygens (including phenoxy) is 4. The lowest BCUT2D eigenvalue weighted by Gasteiger charge is -2.28. The highest BCUT2D eigenvalue weighted by atomic mass is 32.2. The summed E-state index contributed by atoms with van der Waals surface area (Å²) in [6.45, 7) is 10.4. The monoisotopic (exact) mass is 825 g/mol. The number of nitrogens with one attached hydrogen (secondary N) is 4. The van der Waals surface area contributed by atoms with E-state index in [1.54, 1.807) is 72.7 Å². The van der Waals surface area contributed by atoms with Crippen LogP contribution in [-0.4, -0.2) is 102 Å². The number of carbonyl (C=O) groups excluding carboxylic acids is 2. The summed E-state index contributed by atoms with van der Waals surface area (Å²) in [4.78, 5) is 35.3. The van der Waals surface area contributed by atoms with Crippen LogP contribution in [0, 0.1) is 0 Å². The zero-order valence-electron chi connectivity index (χ0n) is 34.3. The molecule has 0 spiro atoms. The number of hydrogen-bond donors (Lipinski definition) is 4. The summed E-state index contributed by atoms with van der Waals surface area (Å²) < 4.78 is 49.8. The van der Waals surface area contributed by atoms with Crippen molar-refractivity contribution in [2.75, 3.05) is 87.6 Å². The van der Waals surface area contributed by atoms with Crippen LogP contribution in [0.3, 0.4) is 0 Å². The van der Waals surface area contributed by atoms with E-state index in [2.05, 4.69) is 30.6 Å². The summed E-state index contributed by atoms with van der Waals surface area (Å²) in [6, 6.07) is 22.7. The summed E-state index contributed by atoms with van der Waals surface area (Å²) >= 11 is 0. The zero-order chi connectivity index (χ0) is 42.3. The van der Waals surface area contributed by atoms with Crippen LogP contribution in [0.4, 0.5) is 33.4 Å². The van der Waals surface area contributed by atoms with Crippen molar-refractivity contribution in [3.05, 3.63) is 96.2 Å². The number of rotatable bonds is 14. The topological polar surface area (TPSA) is 173 Å². The van der Waals surface area contributed by atoms with Gasteiger partial charge in [0.2, 0.25) is 10.0 Å². The third kappa shape index (κ3) is 10.9. The molecule has 4 N–H and O–H groups in total. The normalized spacial score (nSPS) is 13.3. The molecule has 1 saturated heterocycles. The molecular weight excluding hydrogens is 775 g/mol. The van der Waals surface area contributed by atoms with Crippen LogP contribution < -0.4 is 34.9 Å². The predicted molar refractivity (Wildman–Crippen MR) is 232 cm³/mol. The van der Waals surface area contributed by atoms with Crippen molar-refractivity contribution in [3.8, 4) is 23.0 Å². The summed E-state index contributed by atoms with van der Waals surface area (Å²) in [5.41, 5.74) is 2.56. The lowest BCUT2D eigenvalue weighted by Crippen LogP contribution is -2.42. The van der Waals surface area contributed by atoms with Crippen LogP contribution in [0.1, 0.15) is 36.7 Å². The maximum Gasteiger partial charge on any atom is 0.323 e. The number of fused-ring (bicyclic) bond motifs is 1. The Hall–Kier alpha value is -6.10. The van der Waals surface area contributed by atoms with Crippen LogP contribution in [-0.2, 0) is 20.2 Å². The third-order valence-electron chi connectivity index (χ3n) is 9.70. The second kappa shape index (κ2) is 18.2. The first kappa shape index (κ1) is 42.5. The van der Waals surface area contributed by atoms with Crippen molar-refractivity contribution >= 4 is 61.3 Å². The Morgan fingerprint density at radius 1 is 0.864 bits per heavy atom. The molecule has 59 heavy (non-hydrogen) atoms. The van der Waals surface area contributed by atoms with Crippen molar-refractivity contribution in [2.45, 2.75) is 26.2 Å². The SMILES string of the molecule is COc1cc(Nc2cc(Oc3ccc(NC(=O)Nc4cc(C(C)(C)C)cc(NS(C)(=O)=O)c4OC)c4ccccc34)ccn2)ccc1C(=O)N(C)CCN1CCOCC1. The zero-order valence-corrected chi connectivity index (χ0v) is 35.2. The Labute approximate surface area is 345 Å². The molecule has 1 aromatic heterocycles. The number of carbonyl (C=O) groups is 2. The van der Waals surface area contributed by atoms with Gasteiger partial charge in [-0.25, -0.2) is 18.2 Å². The van der Waals surface area contributed by atoms with Gasteiger partial charge in [-0.05, 0) is 53.4 Å². The Balaban J connectivity index is 1.16. The summed E-state index contributed by atoms with van der Waals surface area (Å²) in [5.74, 6) is 2.03. The molecule has 3 amide bonds. The van der Waals surface area contributed by atoms with Crippen molar-refractivity contribution in [1.29, 1.82) is 0 Å². The third-order valence-corrected chi connectivity index (χ3v) is 10.3. The molecule has 1 aliphatic heterocycles. The minimum absolute atomic E-state index is 0.131. The van der Waals surface area contributed by atoms with E-state index in [4.69, 9.17) is 18.9 Å². The maximum absolute atomic E-state index is 13.5. The molecule has 0 saturated carbocycles. The highest BCUT2D eigenvalue weighted by Gasteiger charge is 2.23. The number of aromatic nitrogens is 1. The number of pyridine rings is 1. The molecule has 5 aromatic rings. The molecule has 16 heteroatoms. The molecule has 312 valence electrons. The predicted octanol–water partition coefficient (Wildman–Crippen LogP) is 7.51. The summed E-state index contributed by atoms with van der Waals surface area (Å²) in [7, 11) is 1.09. The molecular formula is C43H51N7O8S. The number of anilines is 5. The van der Waals surface area contributed by atoms with Gasteiger partial charge in [0.05, 0.1) is 56.3 Å². The van der Waals surface area contributed by atoms with Gasteiger partial charge in [0.25, 0.3) is 5.91 Å². The van der Waals surface area contributed by atoms with Crippen LogP contribution >= 0.6 is 0 Å². The van der Waals surface area contributed by atoms with Gasteiger partial charge in [-0.1, -0.05) is 45.0 Å². The maximum atomic E-state index is 13.5. The van der Waals surface area contributed by atoms with E-state index in [9.17, 15) is 18.0 Å². The van der Waals surface area contributed by atoms with E-state index >= 15 is 0 Å². The molecule has 4 aromatic carbocycles. The van der Waals surface area contributed by atoms with Crippen molar-refractivity contribution in [2.24, 2.45) is 0 Å². The quantitative estimate of drug-likeness (QED) is 0.0874. The highest BCUT2D eigenvalue weighted by molar-refractivity contribution is 7.92. The van der Waals surface area contributed by atoms with E-state index < -0.39 is 16.1 Å². The standard InChI is InChI=1S/C43H51N7O8S/c1-43(2,3)28-24-35(40(56-6)36(25-28)48-59(7,53)54)47-42(52)46-34-14-15-37(32-11-9-8-10-31(32)34)58-30-16-17-44-39(27-30)45-29-12-13-33(38(26-29)55-5)41(51)49(4)18-19-50-20-22-57-23-21-50/h8-17,24-27,48H,18-23H2,1-7H3,(H,44,45)(H2,46,47,52). The number of sulfonamides is 1.